The van der Waals surface area contributed by atoms with Gasteiger partial charge in [0.1, 0.15) is 11.8 Å². The maximum Gasteiger partial charge on any atom is 0.321 e. The van der Waals surface area contributed by atoms with Gasteiger partial charge in [0, 0.05) is 23.0 Å². The number of hydrogen-bond acceptors (Lipinski definition) is 6. The van der Waals surface area contributed by atoms with Crippen LogP contribution in [-0.2, 0) is 9.53 Å². The smallest absolute Gasteiger partial charge is 0.321 e. The van der Waals surface area contributed by atoms with E-state index in [0.29, 0.717) is 16.3 Å². The molecule has 0 N–H and O–H groups in total. The first-order valence-electron chi connectivity index (χ1n) is 9.38. The molecule has 0 spiro atoms. The van der Waals surface area contributed by atoms with Gasteiger partial charge >= 0.3 is 12.0 Å². The molecule has 0 fully saturated rings. The standard InChI is InChI=1S/C23H20ClN3O3/c1-15(2)21(16-7-9-18(24)10-8-16)22(28)30-20(14-25)17-5-3-6-19(13-17)29-23-26-11-4-12-27-23/h3-13,15,20-21H,1-2H3. The Morgan fingerprint density at radius 2 is 1.73 bits per heavy atom. The van der Waals surface area contributed by atoms with Crippen LogP contribution >= 0.6 is 11.6 Å². The predicted molar refractivity (Wildman–Crippen MR) is 112 cm³/mol. The summed E-state index contributed by atoms with van der Waals surface area (Å²) in [7, 11) is 0. The first kappa shape index (κ1) is 21.3. The number of nitrogens with zero attached hydrogens (tertiary/aromatic N) is 3. The third-order valence-corrected chi connectivity index (χ3v) is 4.67. The van der Waals surface area contributed by atoms with Crippen LogP contribution in [0.25, 0.3) is 0 Å². The summed E-state index contributed by atoms with van der Waals surface area (Å²) in [5.74, 6) is -0.581. The largest absolute Gasteiger partial charge is 0.441 e. The molecule has 30 heavy (non-hydrogen) atoms. The van der Waals surface area contributed by atoms with Crippen molar-refractivity contribution in [3.8, 4) is 17.8 Å². The van der Waals surface area contributed by atoms with E-state index in [2.05, 4.69) is 9.97 Å². The van der Waals surface area contributed by atoms with Gasteiger partial charge in [-0.25, -0.2) is 9.97 Å². The van der Waals surface area contributed by atoms with Crippen molar-refractivity contribution in [1.82, 2.24) is 9.97 Å². The summed E-state index contributed by atoms with van der Waals surface area (Å²) in [6, 6.07) is 17.7. The van der Waals surface area contributed by atoms with Crippen LogP contribution in [-0.4, -0.2) is 15.9 Å². The topological polar surface area (TPSA) is 85.1 Å². The molecule has 0 aliphatic carbocycles. The second-order valence-electron chi connectivity index (χ2n) is 6.93. The summed E-state index contributed by atoms with van der Waals surface area (Å²) in [6.07, 6.45) is 2.05. The van der Waals surface area contributed by atoms with Crippen molar-refractivity contribution in [2.45, 2.75) is 25.9 Å². The quantitative estimate of drug-likeness (QED) is 0.470. The molecule has 2 aromatic carbocycles. The molecule has 0 aliphatic heterocycles. The zero-order chi connectivity index (χ0) is 21.5. The molecule has 0 bridgehead atoms. The Balaban J connectivity index is 1.78. The number of hydrogen-bond donors (Lipinski definition) is 0. The van der Waals surface area contributed by atoms with E-state index in [9.17, 15) is 10.1 Å². The number of nitriles is 1. The third kappa shape index (κ3) is 5.34. The highest BCUT2D eigenvalue weighted by atomic mass is 35.5. The maximum atomic E-state index is 12.9. The molecular formula is C23H20ClN3O3. The number of rotatable bonds is 7. The normalized spacial score (nSPS) is 12.6. The monoisotopic (exact) mass is 421 g/mol. The van der Waals surface area contributed by atoms with Crippen molar-refractivity contribution in [2.24, 2.45) is 5.92 Å². The number of halogens is 1. The number of carbonyl (C=O) groups excluding carboxylic acids is 1. The van der Waals surface area contributed by atoms with Gasteiger partial charge in [0.05, 0.1) is 5.92 Å². The van der Waals surface area contributed by atoms with Gasteiger partial charge < -0.3 is 9.47 Å². The zero-order valence-corrected chi connectivity index (χ0v) is 17.3. The lowest BCUT2D eigenvalue weighted by molar-refractivity contribution is -0.150. The SMILES string of the molecule is CC(C)C(C(=O)OC(C#N)c1cccc(Oc2ncccn2)c1)c1ccc(Cl)cc1. The average Bonchev–Trinajstić information content (AvgIpc) is 2.74. The molecule has 0 radical (unpaired) electrons. The molecule has 0 amide bonds. The van der Waals surface area contributed by atoms with Gasteiger partial charge in [-0.3, -0.25) is 4.79 Å². The third-order valence-electron chi connectivity index (χ3n) is 4.41. The summed E-state index contributed by atoms with van der Waals surface area (Å²) >= 11 is 5.96. The Morgan fingerprint density at radius 3 is 2.37 bits per heavy atom. The van der Waals surface area contributed by atoms with E-state index < -0.39 is 18.0 Å². The molecule has 2 unspecified atom stereocenters. The van der Waals surface area contributed by atoms with Crippen molar-refractivity contribution in [2.75, 3.05) is 0 Å². The minimum absolute atomic E-state index is 0.0251. The highest BCUT2D eigenvalue weighted by Crippen LogP contribution is 2.30. The van der Waals surface area contributed by atoms with Gasteiger partial charge in [-0.15, -0.1) is 0 Å². The predicted octanol–water partition coefficient (Wildman–Crippen LogP) is 5.47. The lowest BCUT2D eigenvalue weighted by Crippen LogP contribution is -2.22. The average molecular weight is 422 g/mol. The Kier molecular flexibility index (Phi) is 6.99. The second-order valence-corrected chi connectivity index (χ2v) is 7.36. The van der Waals surface area contributed by atoms with Gasteiger partial charge in [-0.05, 0) is 41.8 Å². The molecule has 3 aromatic rings. The Morgan fingerprint density at radius 1 is 1.03 bits per heavy atom. The fourth-order valence-corrected chi connectivity index (χ4v) is 3.13. The molecule has 0 saturated heterocycles. The van der Waals surface area contributed by atoms with Crippen LogP contribution in [0.15, 0.2) is 67.0 Å². The molecular weight excluding hydrogens is 402 g/mol. The van der Waals surface area contributed by atoms with Crippen LogP contribution in [0.2, 0.25) is 5.02 Å². The van der Waals surface area contributed by atoms with Crippen molar-refractivity contribution in [3.05, 3.63) is 83.1 Å². The second kappa shape index (κ2) is 9.86. The fourth-order valence-electron chi connectivity index (χ4n) is 3.01. The summed E-state index contributed by atoms with van der Waals surface area (Å²) in [6.45, 7) is 3.85. The van der Waals surface area contributed by atoms with E-state index in [4.69, 9.17) is 21.1 Å². The molecule has 0 aliphatic rings. The number of ether oxygens (including phenoxy) is 2. The zero-order valence-electron chi connectivity index (χ0n) is 16.5. The van der Waals surface area contributed by atoms with Crippen LogP contribution < -0.4 is 4.74 Å². The van der Waals surface area contributed by atoms with Crippen LogP contribution in [0.5, 0.6) is 11.8 Å². The summed E-state index contributed by atoms with van der Waals surface area (Å²) in [4.78, 5) is 20.9. The van der Waals surface area contributed by atoms with Crippen molar-refractivity contribution < 1.29 is 14.3 Å². The molecule has 1 aromatic heterocycles. The van der Waals surface area contributed by atoms with Crippen LogP contribution in [0.1, 0.15) is 37.0 Å². The molecule has 152 valence electrons. The lowest BCUT2D eigenvalue weighted by atomic mass is 9.88. The summed E-state index contributed by atoms with van der Waals surface area (Å²) < 4.78 is 11.2. The van der Waals surface area contributed by atoms with Crippen molar-refractivity contribution in [1.29, 1.82) is 5.26 Å². The van der Waals surface area contributed by atoms with Crippen LogP contribution in [0.3, 0.4) is 0 Å². The van der Waals surface area contributed by atoms with Gasteiger partial charge in [-0.1, -0.05) is 49.7 Å². The molecule has 2 atom stereocenters. The van der Waals surface area contributed by atoms with Gasteiger partial charge in [0.15, 0.2) is 0 Å². The van der Waals surface area contributed by atoms with E-state index >= 15 is 0 Å². The van der Waals surface area contributed by atoms with Gasteiger partial charge in [0.25, 0.3) is 0 Å². The summed E-state index contributed by atoms with van der Waals surface area (Å²) in [5.41, 5.74) is 1.28. The van der Waals surface area contributed by atoms with Gasteiger partial charge in [0.2, 0.25) is 6.10 Å². The first-order valence-corrected chi connectivity index (χ1v) is 9.76. The lowest BCUT2D eigenvalue weighted by Gasteiger charge is -2.22. The number of aromatic nitrogens is 2. The van der Waals surface area contributed by atoms with Crippen LogP contribution in [0, 0.1) is 17.2 Å². The van der Waals surface area contributed by atoms with Gasteiger partial charge in [-0.2, -0.15) is 5.26 Å². The highest BCUT2D eigenvalue weighted by Gasteiger charge is 2.29. The van der Waals surface area contributed by atoms with Crippen molar-refractivity contribution in [3.63, 3.8) is 0 Å². The van der Waals surface area contributed by atoms with Crippen LogP contribution in [0.4, 0.5) is 0 Å². The molecule has 7 heteroatoms. The number of esters is 1. The number of benzene rings is 2. The minimum Gasteiger partial charge on any atom is -0.441 e. The summed E-state index contributed by atoms with van der Waals surface area (Å²) in [5, 5.41) is 10.2. The highest BCUT2D eigenvalue weighted by molar-refractivity contribution is 6.30. The Hall–Kier alpha value is -3.43. The van der Waals surface area contributed by atoms with E-state index in [1.54, 1.807) is 67.0 Å². The fraction of sp³-hybridized carbons (Fsp3) is 0.217. The van der Waals surface area contributed by atoms with E-state index in [1.165, 1.54) is 0 Å². The minimum atomic E-state index is -1.08. The Bertz CT molecular complexity index is 1030. The first-order chi connectivity index (χ1) is 14.5. The number of carbonyl (C=O) groups is 1. The van der Waals surface area contributed by atoms with E-state index in [-0.39, 0.29) is 11.9 Å². The van der Waals surface area contributed by atoms with E-state index in [1.807, 2.05) is 19.9 Å². The van der Waals surface area contributed by atoms with Crippen molar-refractivity contribution >= 4 is 17.6 Å². The molecule has 3 rings (SSSR count). The molecule has 1 heterocycles. The maximum absolute atomic E-state index is 12.9. The molecule has 0 saturated carbocycles. The van der Waals surface area contributed by atoms with E-state index in [0.717, 1.165) is 5.56 Å². The Labute approximate surface area is 180 Å². The molecule has 6 nitrogen and oxygen atoms in total.